The third-order valence-corrected chi connectivity index (χ3v) is 1.79. The lowest BCUT2D eigenvalue weighted by Crippen LogP contribution is -2.41. The van der Waals surface area contributed by atoms with E-state index < -0.39 is 18.1 Å². The maximum absolute atomic E-state index is 10.9. The average molecular weight is 315 g/mol. The van der Waals surface area contributed by atoms with E-state index in [0.29, 0.717) is 6.42 Å². The lowest BCUT2D eigenvalue weighted by molar-refractivity contribution is -0.139. The van der Waals surface area contributed by atoms with Gasteiger partial charge in [-0.05, 0) is 34.9 Å². The van der Waals surface area contributed by atoms with Crippen LogP contribution in [0.1, 0.15) is 20.3 Å². The van der Waals surface area contributed by atoms with Crippen molar-refractivity contribution in [2.45, 2.75) is 26.3 Å². The Bertz CT molecular complexity index is 208. The highest BCUT2D eigenvalue weighted by molar-refractivity contribution is 14.1. The molecule has 0 spiro atoms. The van der Waals surface area contributed by atoms with Gasteiger partial charge < -0.3 is 15.2 Å². The number of carbonyl (C=O) groups is 2. The van der Waals surface area contributed by atoms with Gasteiger partial charge in [0.2, 0.25) is 0 Å². The van der Waals surface area contributed by atoms with E-state index in [1.165, 1.54) is 0 Å². The predicted octanol–water partition coefficient (Wildman–Crippen LogP) is 1.60. The minimum atomic E-state index is -1.04. The number of halogens is 1. The Balaban J connectivity index is 4.09. The molecule has 1 unspecified atom stereocenters. The molecule has 0 aromatic carbocycles. The first kappa shape index (κ1) is 13.5. The van der Waals surface area contributed by atoms with Gasteiger partial charge in [-0.1, -0.05) is 13.8 Å². The molecule has 0 aromatic heterocycles. The molecule has 0 radical (unpaired) electrons. The third-order valence-electron chi connectivity index (χ3n) is 1.48. The second kappa shape index (κ2) is 6.86. The molecule has 0 saturated heterocycles. The number of rotatable bonds is 5. The summed E-state index contributed by atoms with van der Waals surface area (Å²) in [6, 6.07) is -0.870. The molecule has 0 aliphatic heterocycles. The van der Waals surface area contributed by atoms with E-state index in [1.54, 1.807) is 0 Å². The molecular formula is C8H14INO4. The van der Waals surface area contributed by atoms with Crippen LogP contribution in [0.2, 0.25) is 0 Å². The first-order valence-electron chi connectivity index (χ1n) is 4.19. The summed E-state index contributed by atoms with van der Waals surface area (Å²) in [4.78, 5) is 21.6. The fourth-order valence-corrected chi connectivity index (χ4v) is 1.21. The summed E-state index contributed by atoms with van der Waals surface area (Å²) >= 11 is 1.86. The van der Waals surface area contributed by atoms with Crippen molar-refractivity contribution in [3.63, 3.8) is 0 Å². The zero-order chi connectivity index (χ0) is 11.1. The van der Waals surface area contributed by atoms with Crippen molar-refractivity contribution in [1.82, 2.24) is 5.32 Å². The largest absolute Gasteiger partial charge is 0.480 e. The van der Waals surface area contributed by atoms with Gasteiger partial charge in [-0.15, -0.1) is 0 Å². The number of amides is 1. The molecule has 0 saturated carbocycles. The lowest BCUT2D eigenvalue weighted by Gasteiger charge is -2.15. The topological polar surface area (TPSA) is 75.6 Å². The fourth-order valence-electron chi connectivity index (χ4n) is 0.926. The molecule has 14 heavy (non-hydrogen) atoms. The molecular weight excluding hydrogens is 301 g/mol. The minimum absolute atomic E-state index is 0.205. The Hall–Kier alpha value is -0.530. The van der Waals surface area contributed by atoms with E-state index in [9.17, 15) is 9.59 Å². The molecule has 5 nitrogen and oxygen atoms in total. The number of hydrogen-bond acceptors (Lipinski definition) is 3. The van der Waals surface area contributed by atoms with Crippen molar-refractivity contribution in [2.24, 2.45) is 5.92 Å². The molecule has 82 valence electrons. The summed E-state index contributed by atoms with van der Waals surface area (Å²) in [6.45, 7) is 3.78. The summed E-state index contributed by atoms with van der Waals surface area (Å²) in [7, 11) is 0. The van der Waals surface area contributed by atoms with Gasteiger partial charge in [-0.25, -0.2) is 9.59 Å². The summed E-state index contributed by atoms with van der Waals surface area (Å²) in [6.07, 6.45) is -0.293. The number of hydrogen-bond donors (Lipinski definition) is 2. The highest BCUT2D eigenvalue weighted by Gasteiger charge is 2.21. The Morgan fingerprint density at radius 1 is 1.50 bits per heavy atom. The van der Waals surface area contributed by atoms with Crippen LogP contribution < -0.4 is 5.32 Å². The molecule has 0 bridgehead atoms. The Labute approximate surface area is 96.3 Å². The second-order valence-corrected chi connectivity index (χ2v) is 3.83. The highest BCUT2D eigenvalue weighted by atomic mass is 127. The smallest absolute Gasteiger partial charge is 0.408 e. The van der Waals surface area contributed by atoms with Gasteiger partial charge in [0.05, 0.1) is 0 Å². The molecule has 0 aliphatic carbocycles. The van der Waals surface area contributed by atoms with E-state index in [4.69, 9.17) is 5.11 Å². The van der Waals surface area contributed by atoms with Crippen LogP contribution in [-0.2, 0) is 9.53 Å². The number of ether oxygens (including phenoxy) is 1. The number of alkyl halides is 1. The number of carboxylic acid groups (broad SMARTS) is 1. The van der Waals surface area contributed by atoms with Gasteiger partial charge in [0.1, 0.15) is 10.7 Å². The first-order valence-corrected chi connectivity index (χ1v) is 5.72. The van der Waals surface area contributed by atoms with Gasteiger partial charge in [-0.2, -0.15) is 0 Å². The highest BCUT2D eigenvalue weighted by Crippen LogP contribution is 2.05. The molecule has 2 N–H and O–H groups in total. The maximum atomic E-state index is 10.9. The molecule has 0 fully saturated rings. The van der Waals surface area contributed by atoms with E-state index in [0.717, 1.165) is 0 Å². The van der Waals surface area contributed by atoms with Gasteiger partial charge in [0.15, 0.2) is 0 Å². The van der Waals surface area contributed by atoms with E-state index in [2.05, 4.69) is 10.1 Å². The number of alkyl carbamates (subject to hydrolysis) is 1. The quantitative estimate of drug-likeness (QED) is 0.597. The van der Waals surface area contributed by atoms with Gasteiger partial charge in [0.25, 0.3) is 0 Å². The van der Waals surface area contributed by atoms with Crippen molar-refractivity contribution in [2.75, 3.05) is 4.61 Å². The summed E-state index contributed by atoms with van der Waals surface area (Å²) in [5.74, 6) is -0.833. The van der Waals surface area contributed by atoms with Crippen LogP contribution in [0.5, 0.6) is 0 Å². The normalized spacial score (nSPS) is 12.3. The monoisotopic (exact) mass is 315 g/mol. The summed E-state index contributed by atoms with van der Waals surface area (Å²) in [5.41, 5.74) is 0. The fraction of sp³-hybridized carbons (Fsp3) is 0.750. The van der Waals surface area contributed by atoms with Crippen LogP contribution in [0.4, 0.5) is 4.79 Å². The zero-order valence-corrected chi connectivity index (χ0v) is 10.3. The zero-order valence-electron chi connectivity index (χ0n) is 8.12. The van der Waals surface area contributed by atoms with E-state index in [1.807, 2.05) is 36.4 Å². The number of carbonyl (C=O) groups excluding carboxylic acids is 1. The number of aliphatic carboxylic acids is 1. The molecule has 0 aromatic rings. The summed E-state index contributed by atoms with van der Waals surface area (Å²) < 4.78 is 4.78. The van der Waals surface area contributed by atoms with Crippen LogP contribution in [0.15, 0.2) is 0 Å². The first-order chi connectivity index (χ1) is 6.47. The molecule has 0 rings (SSSR count). The molecule has 1 amide bonds. The van der Waals surface area contributed by atoms with E-state index in [-0.39, 0.29) is 10.5 Å². The van der Waals surface area contributed by atoms with Crippen LogP contribution in [0.3, 0.4) is 0 Å². The molecule has 0 aliphatic rings. The Kier molecular flexibility index (Phi) is 6.60. The second-order valence-electron chi connectivity index (χ2n) is 3.21. The van der Waals surface area contributed by atoms with Gasteiger partial charge in [0, 0.05) is 0 Å². The van der Waals surface area contributed by atoms with Gasteiger partial charge >= 0.3 is 12.1 Å². The predicted molar refractivity (Wildman–Crippen MR) is 59.4 cm³/mol. The molecule has 6 heteroatoms. The van der Waals surface area contributed by atoms with Crippen LogP contribution in [0.25, 0.3) is 0 Å². The number of carboxylic acids is 1. The standard InChI is InChI=1S/C8H14INO4/c1-5(2)3-6(7(11)12)10-8(13)14-4-9/h5-6H,3-4H2,1-2H3,(H,10,13)(H,11,12). The number of nitrogens with one attached hydrogen (secondary N) is 1. The van der Waals surface area contributed by atoms with Crippen LogP contribution in [0, 0.1) is 5.92 Å². The minimum Gasteiger partial charge on any atom is -0.480 e. The molecule has 1 atom stereocenters. The SMILES string of the molecule is CC(C)CC(NC(=O)OCI)C(=O)O. The maximum Gasteiger partial charge on any atom is 0.408 e. The van der Waals surface area contributed by atoms with Gasteiger partial charge in [-0.3, -0.25) is 0 Å². The lowest BCUT2D eigenvalue weighted by atomic mass is 10.0. The van der Waals surface area contributed by atoms with Crippen LogP contribution in [-0.4, -0.2) is 27.8 Å². The van der Waals surface area contributed by atoms with Crippen molar-refractivity contribution >= 4 is 34.7 Å². The van der Waals surface area contributed by atoms with Crippen molar-refractivity contribution in [3.8, 4) is 0 Å². The van der Waals surface area contributed by atoms with Crippen molar-refractivity contribution in [3.05, 3.63) is 0 Å². The Morgan fingerprint density at radius 2 is 2.07 bits per heavy atom. The van der Waals surface area contributed by atoms with Crippen LogP contribution >= 0.6 is 22.6 Å². The average Bonchev–Trinajstić information content (AvgIpc) is 2.02. The molecule has 0 heterocycles. The Morgan fingerprint density at radius 3 is 2.43 bits per heavy atom. The van der Waals surface area contributed by atoms with Crippen molar-refractivity contribution in [1.29, 1.82) is 0 Å². The third kappa shape index (κ3) is 6.01. The summed E-state index contributed by atoms with van der Waals surface area (Å²) in [5, 5.41) is 11.1. The van der Waals surface area contributed by atoms with Crippen molar-refractivity contribution < 1.29 is 19.4 Å². The van der Waals surface area contributed by atoms with E-state index >= 15 is 0 Å².